The van der Waals surface area contributed by atoms with Crippen LogP contribution in [0.3, 0.4) is 0 Å². The van der Waals surface area contributed by atoms with Crippen molar-refractivity contribution in [2.24, 2.45) is 17.6 Å². The molecule has 4 aliphatic heterocycles. The molecular weight excluding hydrogens is 945 g/mol. The second kappa shape index (κ2) is 22.0. The van der Waals surface area contributed by atoms with E-state index in [2.05, 4.69) is 10.6 Å². The third kappa shape index (κ3) is 10.3. The van der Waals surface area contributed by atoms with Gasteiger partial charge in [0.1, 0.15) is 12.6 Å². The molecule has 16 nitrogen and oxygen atoms in total. The molecule has 9 rings (SSSR count). The molecule has 18 heteroatoms. The van der Waals surface area contributed by atoms with Gasteiger partial charge >= 0.3 is 0 Å². The number of nitrogens with zero attached hydrogens (tertiary/aromatic N) is 4. The first-order valence-corrected chi connectivity index (χ1v) is 25.2. The lowest BCUT2D eigenvalue weighted by Gasteiger charge is -2.40. The summed E-state index contributed by atoms with van der Waals surface area (Å²) in [6.07, 6.45) is 4.36. The molecule has 7 amide bonds. The van der Waals surface area contributed by atoms with E-state index in [1.807, 2.05) is 57.2 Å². The largest absolute Gasteiger partial charge is 0.488 e. The van der Waals surface area contributed by atoms with Gasteiger partial charge in [-0.15, -0.1) is 0 Å². The summed E-state index contributed by atoms with van der Waals surface area (Å²) in [7, 11) is 1.52. The maximum atomic E-state index is 16.2. The highest BCUT2D eigenvalue weighted by atomic mass is 35.5. The quantitative estimate of drug-likeness (QED) is 0.0998. The van der Waals surface area contributed by atoms with Crippen LogP contribution in [-0.4, -0.2) is 134 Å². The van der Waals surface area contributed by atoms with Gasteiger partial charge in [-0.2, -0.15) is 0 Å². The minimum atomic E-state index is -1.05. The number of benzene rings is 4. The fourth-order valence-corrected chi connectivity index (χ4v) is 11.3. The van der Waals surface area contributed by atoms with Crippen molar-refractivity contribution in [1.82, 2.24) is 25.3 Å². The number of rotatable bonds is 15. The Morgan fingerprint density at radius 2 is 1.44 bits per heavy atom. The molecule has 72 heavy (non-hydrogen) atoms. The van der Waals surface area contributed by atoms with Gasteiger partial charge < -0.3 is 35.2 Å². The number of primary amides is 1. The summed E-state index contributed by atoms with van der Waals surface area (Å²) < 4.78 is 26.9. The number of halogens is 2. The minimum absolute atomic E-state index is 0.0196. The molecule has 2 unspecified atom stereocenters. The van der Waals surface area contributed by atoms with Crippen molar-refractivity contribution in [2.45, 2.75) is 69.4 Å². The highest BCUT2D eigenvalue weighted by Crippen LogP contribution is 2.40. The van der Waals surface area contributed by atoms with Gasteiger partial charge in [0.05, 0.1) is 29.0 Å². The molecule has 4 heterocycles. The first kappa shape index (κ1) is 50.3. The number of hydrogen-bond donors (Lipinski definition) is 3. The number of hydrogen-bond acceptors (Lipinski definition) is 11. The van der Waals surface area contributed by atoms with Crippen LogP contribution in [0, 0.1) is 17.7 Å². The first-order valence-electron chi connectivity index (χ1n) is 24.8. The Morgan fingerprint density at radius 1 is 0.750 bits per heavy atom. The number of carbonyl (C=O) groups excluding carboxylic acids is 7. The van der Waals surface area contributed by atoms with Crippen molar-refractivity contribution in [2.75, 3.05) is 71.0 Å². The van der Waals surface area contributed by atoms with Gasteiger partial charge in [0.15, 0.2) is 11.6 Å². The molecule has 4 N–H and O–H groups in total. The zero-order chi connectivity index (χ0) is 50.6. The van der Waals surface area contributed by atoms with Gasteiger partial charge in [-0.3, -0.25) is 43.8 Å². The van der Waals surface area contributed by atoms with Crippen molar-refractivity contribution >= 4 is 58.6 Å². The van der Waals surface area contributed by atoms with E-state index in [0.29, 0.717) is 69.9 Å². The predicted octanol–water partition coefficient (Wildman–Crippen LogP) is 5.54. The van der Waals surface area contributed by atoms with E-state index in [4.69, 9.17) is 26.8 Å². The van der Waals surface area contributed by atoms with E-state index < -0.39 is 41.4 Å². The second-order valence-corrected chi connectivity index (χ2v) is 19.6. The molecule has 0 radical (unpaired) electrons. The highest BCUT2D eigenvalue weighted by Gasteiger charge is 2.46. The first-order chi connectivity index (χ1) is 34.8. The Hall–Kier alpha value is -6.69. The van der Waals surface area contributed by atoms with Crippen molar-refractivity contribution in [1.29, 1.82) is 0 Å². The van der Waals surface area contributed by atoms with E-state index in [0.717, 1.165) is 41.7 Å². The summed E-state index contributed by atoms with van der Waals surface area (Å²) in [6.45, 7) is 3.70. The molecule has 4 aromatic rings. The summed E-state index contributed by atoms with van der Waals surface area (Å²) in [6, 6.07) is 22.4. The van der Waals surface area contributed by atoms with Crippen LogP contribution in [0.5, 0.6) is 5.75 Å². The molecule has 0 aromatic heterocycles. The molecular formula is C54H59ClFN7O9. The van der Waals surface area contributed by atoms with Gasteiger partial charge in [0.25, 0.3) is 11.8 Å². The summed E-state index contributed by atoms with van der Waals surface area (Å²) in [5, 5.41) is 6.25. The van der Waals surface area contributed by atoms with Crippen LogP contribution in [0.1, 0.15) is 99.5 Å². The molecule has 5 aliphatic rings. The summed E-state index contributed by atoms with van der Waals surface area (Å²) in [5.74, 6) is -4.08. The van der Waals surface area contributed by atoms with Crippen molar-refractivity contribution in [3.05, 3.63) is 118 Å². The van der Waals surface area contributed by atoms with Crippen molar-refractivity contribution in [3.63, 3.8) is 0 Å². The van der Waals surface area contributed by atoms with E-state index in [9.17, 15) is 33.6 Å². The maximum Gasteiger partial charge on any atom is 0.264 e. The van der Waals surface area contributed by atoms with Crippen LogP contribution < -0.4 is 26.0 Å². The SMILES string of the molecule is COCCOc1ccc(C(N)=O)c(-c2cc(C(CNC3CCC(C(=O)N4CCC(C(=O)N5CCN(c6cccc7c6C(=O)N(C6CCC(=O)NC6=O)C7=O)CC5)CC4)CC3)c3ccccc3)ccc2Cl)c1F. The molecule has 0 spiro atoms. The van der Waals surface area contributed by atoms with Gasteiger partial charge in [0.2, 0.25) is 29.5 Å². The number of ether oxygens (including phenoxy) is 2. The summed E-state index contributed by atoms with van der Waals surface area (Å²) in [4.78, 5) is 98.6. The topological polar surface area (TPSA) is 201 Å². The third-order valence-corrected chi connectivity index (χ3v) is 15.3. The number of anilines is 1. The Balaban J connectivity index is 0.768. The van der Waals surface area contributed by atoms with E-state index in [1.165, 1.54) is 19.2 Å². The Morgan fingerprint density at radius 3 is 2.12 bits per heavy atom. The second-order valence-electron chi connectivity index (χ2n) is 19.2. The molecule has 1 aliphatic carbocycles. The van der Waals surface area contributed by atoms with Crippen LogP contribution in [-0.2, 0) is 23.9 Å². The molecule has 3 saturated heterocycles. The predicted molar refractivity (Wildman–Crippen MR) is 266 cm³/mol. The normalized spacial score (nSPS) is 21.1. The molecule has 0 bridgehead atoms. The average molecular weight is 1000 g/mol. The van der Waals surface area contributed by atoms with Crippen molar-refractivity contribution in [3.8, 4) is 16.9 Å². The van der Waals surface area contributed by atoms with Crippen LogP contribution in [0.15, 0.2) is 78.9 Å². The van der Waals surface area contributed by atoms with Gasteiger partial charge in [-0.05, 0) is 92.5 Å². The Kier molecular flexibility index (Phi) is 15.3. The number of imide groups is 2. The molecule has 378 valence electrons. The molecule has 4 aromatic carbocycles. The van der Waals surface area contributed by atoms with Crippen LogP contribution >= 0.6 is 11.6 Å². The monoisotopic (exact) mass is 1000 g/mol. The number of piperazine rings is 1. The number of amides is 7. The van der Waals surface area contributed by atoms with Crippen LogP contribution in [0.4, 0.5) is 10.1 Å². The number of fused-ring (bicyclic) bond motifs is 1. The number of piperidine rings is 2. The zero-order valence-electron chi connectivity index (χ0n) is 40.2. The number of carbonyl (C=O) groups is 7. The minimum Gasteiger partial charge on any atom is -0.488 e. The zero-order valence-corrected chi connectivity index (χ0v) is 41.0. The average Bonchev–Trinajstić information content (AvgIpc) is 3.65. The molecule has 4 fully saturated rings. The lowest BCUT2D eigenvalue weighted by molar-refractivity contribution is -0.143. The number of nitrogens with one attached hydrogen (secondary N) is 2. The fourth-order valence-electron chi connectivity index (χ4n) is 11.1. The number of methoxy groups -OCH3 is 1. The highest BCUT2D eigenvalue weighted by molar-refractivity contribution is 6.33. The smallest absolute Gasteiger partial charge is 0.264 e. The van der Waals surface area contributed by atoms with Crippen LogP contribution in [0.25, 0.3) is 11.1 Å². The summed E-state index contributed by atoms with van der Waals surface area (Å²) >= 11 is 6.75. The lowest BCUT2D eigenvalue weighted by Crippen LogP contribution is -2.54. The van der Waals surface area contributed by atoms with E-state index in [1.54, 1.807) is 24.3 Å². The van der Waals surface area contributed by atoms with Gasteiger partial charge in [-0.25, -0.2) is 4.39 Å². The fraction of sp³-hybridized carbons (Fsp3) is 0.426. The number of likely N-dealkylation sites (tertiary alicyclic amines) is 1. The van der Waals surface area contributed by atoms with E-state index in [-0.39, 0.29) is 94.7 Å². The third-order valence-electron chi connectivity index (χ3n) is 15.0. The number of nitrogens with two attached hydrogens (primary N) is 1. The Labute approximate surface area is 422 Å². The van der Waals surface area contributed by atoms with Gasteiger partial charge in [0, 0.05) is 99.3 Å². The Bertz CT molecular complexity index is 2750. The van der Waals surface area contributed by atoms with E-state index >= 15 is 4.39 Å². The van der Waals surface area contributed by atoms with Crippen molar-refractivity contribution < 1.29 is 47.4 Å². The molecule has 2 atom stereocenters. The lowest BCUT2D eigenvalue weighted by atomic mass is 9.83. The standard InChI is InChI=1S/C54H59ClFN7O9/c1-71-28-29-72-44-18-15-37(49(57)65)46(48(44)56)39-30-35(12-16-41(39)55)40(32-6-3-2-4-7-32)31-58-36-13-10-33(11-14-36)51(67)61-22-20-34(21-23-61)52(68)62-26-24-60(25-27-62)42-9-5-8-38-47(42)54(70)63(53(38)69)43-17-19-45(64)59-50(43)66/h2-9,12,15-16,18,30,33-34,36,40,43,58H,10-11,13-14,17,19-29,31H2,1H3,(H2,57,65)(H,59,64,66). The summed E-state index contributed by atoms with van der Waals surface area (Å²) in [5.41, 5.74) is 8.94. The van der Waals surface area contributed by atoms with Crippen LogP contribution in [0.2, 0.25) is 5.02 Å². The maximum absolute atomic E-state index is 16.2. The molecule has 1 saturated carbocycles. The van der Waals surface area contributed by atoms with Gasteiger partial charge in [-0.1, -0.05) is 54.1 Å².